The van der Waals surface area contributed by atoms with Crippen molar-refractivity contribution in [3.05, 3.63) is 30.0 Å². The maximum atomic E-state index is 11.3. The van der Waals surface area contributed by atoms with Gasteiger partial charge in [-0.05, 0) is 26.0 Å². The van der Waals surface area contributed by atoms with Crippen LogP contribution in [0.3, 0.4) is 0 Å². The van der Waals surface area contributed by atoms with E-state index in [1.807, 2.05) is 0 Å². The van der Waals surface area contributed by atoms with E-state index in [4.69, 9.17) is 4.74 Å². The Bertz CT molecular complexity index is 651. The van der Waals surface area contributed by atoms with Crippen molar-refractivity contribution >= 4 is 5.97 Å². The van der Waals surface area contributed by atoms with Crippen LogP contribution >= 0.6 is 0 Å². The van der Waals surface area contributed by atoms with Gasteiger partial charge in [-0.2, -0.15) is 0 Å². The smallest absolute Gasteiger partial charge is 0.358 e. The highest BCUT2D eigenvalue weighted by Gasteiger charge is 2.25. The summed E-state index contributed by atoms with van der Waals surface area (Å²) in [5.74, 6) is -0.571. The lowest BCUT2D eigenvalue weighted by molar-refractivity contribution is 0.0691. The van der Waals surface area contributed by atoms with Crippen LogP contribution in [-0.2, 0) is 0 Å². The van der Waals surface area contributed by atoms with Crippen molar-refractivity contribution < 1.29 is 19.7 Å². The molecule has 0 amide bonds. The molecule has 0 saturated heterocycles. The maximum Gasteiger partial charge on any atom is 0.358 e. The third-order valence-electron chi connectivity index (χ3n) is 3.32. The number of aromatic carboxylic acids is 1. The molecule has 112 valence electrons. The summed E-state index contributed by atoms with van der Waals surface area (Å²) in [6.45, 7) is 3.36. The van der Waals surface area contributed by atoms with Crippen molar-refractivity contribution in [2.24, 2.45) is 0 Å². The Hall–Kier alpha value is -2.41. The molecule has 2 N–H and O–H groups in total. The van der Waals surface area contributed by atoms with E-state index in [0.717, 1.165) is 0 Å². The van der Waals surface area contributed by atoms with Gasteiger partial charge in [0.15, 0.2) is 5.69 Å². The van der Waals surface area contributed by atoms with Crippen molar-refractivity contribution in [2.75, 3.05) is 7.11 Å². The summed E-state index contributed by atoms with van der Waals surface area (Å²) in [4.78, 5) is 11.3. The Morgan fingerprint density at radius 1 is 1.38 bits per heavy atom. The van der Waals surface area contributed by atoms with Gasteiger partial charge < -0.3 is 14.9 Å². The number of carboxylic acids is 1. The first-order valence-electron chi connectivity index (χ1n) is 6.46. The average Bonchev–Trinajstić information content (AvgIpc) is 2.91. The molecule has 0 fully saturated rings. The fraction of sp³-hybridized carbons (Fsp3) is 0.357. The van der Waals surface area contributed by atoms with Crippen LogP contribution in [-0.4, -0.2) is 44.4 Å². The molecular weight excluding hydrogens is 274 g/mol. The molecule has 0 aliphatic rings. The van der Waals surface area contributed by atoms with Crippen LogP contribution in [0.15, 0.2) is 24.3 Å². The van der Waals surface area contributed by atoms with E-state index in [1.165, 1.54) is 11.8 Å². The van der Waals surface area contributed by atoms with Gasteiger partial charge in [-0.25, -0.2) is 9.48 Å². The Kier molecular flexibility index (Phi) is 4.23. The third kappa shape index (κ3) is 2.87. The van der Waals surface area contributed by atoms with Crippen molar-refractivity contribution in [3.8, 4) is 17.0 Å². The van der Waals surface area contributed by atoms with Crippen molar-refractivity contribution in [1.82, 2.24) is 15.0 Å². The van der Waals surface area contributed by atoms with E-state index in [1.54, 1.807) is 38.1 Å². The number of methoxy groups -OCH3 is 1. The quantitative estimate of drug-likeness (QED) is 0.868. The predicted molar refractivity (Wildman–Crippen MR) is 75.4 cm³/mol. The van der Waals surface area contributed by atoms with E-state index >= 15 is 0 Å². The summed E-state index contributed by atoms with van der Waals surface area (Å²) in [7, 11) is 1.53. The molecule has 0 radical (unpaired) electrons. The molecule has 0 bridgehead atoms. The van der Waals surface area contributed by atoms with Crippen LogP contribution in [0.2, 0.25) is 0 Å². The van der Waals surface area contributed by atoms with E-state index in [-0.39, 0.29) is 5.69 Å². The molecule has 21 heavy (non-hydrogen) atoms. The molecule has 2 unspecified atom stereocenters. The molecule has 7 nitrogen and oxygen atoms in total. The minimum atomic E-state index is -1.17. The highest BCUT2D eigenvalue weighted by atomic mass is 16.5. The van der Waals surface area contributed by atoms with E-state index in [2.05, 4.69) is 10.3 Å². The molecule has 1 aromatic carbocycles. The average molecular weight is 291 g/mol. The van der Waals surface area contributed by atoms with Crippen LogP contribution < -0.4 is 4.74 Å². The number of aromatic nitrogens is 3. The number of aliphatic hydroxyl groups is 1. The van der Waals surface area contributed by atoms with Crippen molar-refractivity contribution in [3.63, 3.8) is 0 Å². The normalized spacial score (nSPS) is 13.7. The highest BCUT2D eigenvalue weighted by molar-refractivity contribution is 5.92. The standard InChI is InChI=1S/C14H17N3O4/c1-8(9(2)18)17-13(12(14(19)20)15-16-17)10-5-4-6-11(7-10)21-3/h4-9,18H,1-3H3,(H,19,20). The lowest BCUT2D eigenvalue weighted by Crippen LogP contribution is -2.20. The fourth-order valence-electron chi connectivity index (χ4n) is 1.97. The number of ether oxygens (including phenoxy) is 1. The molecule has 0 saturated carbocycles. The van der Waals surface area contributed by atoms with Gasteiger partial charge in [0.25, 0.3) is 0 Å². The molecule has 2 aromatic rings. The lowest BCUT2D eigenvalue weighted by atomic mass is 10.1. The van der Waals surface area contributed by atoms with Gasteiger partial charge >= 0.3 is 5.97 Å². The minimum absolute atomic E-state index is 0.157. The molecule has 7 heteroatoms. The van der Waals surface area contributed by atoms with Gasteiger partial charge in [0, 0.05) is 5.56 Å². The molecule has 2 rings (SSSR count). The number of hydrogen-bond acceptors (Lipinski definition) is 5. The first-order chi connectivity index (χ1) is 9.95. The number of carbonyl (C=O) groups is 1. The number of carboxylic acid groups (broad SMARTS) is 1. The first kappa shape index (κ1) is 15.0. The minimum Gasteiger partial charge on any atom is -0.497 e. The topological polar surface area (TPSA) is 97.5 Å². The van der Waals surface area contributed by atoms with E-state index in [9.17, 15) is 15.0 Å². The Morgan fingerprint density at radius 3 is 2.67 bits per heavy atom. The zero-order chi connectivity index (χ0) is 15.6. The molecule has 1 heterocycles. The summed E-state index contributed by atoms with van der Waals surface area (Å²) >= 11 is 0. The molecule has 0 aliphatic heterocycles. The van der Waals surface area contributed by atoms with Crippen LogP contribution in [0.5, 0.6) is 5.75 Å². The summed E-state index contributed by atoms with van der Waals surface area (Å²) in [6, 6.07) is 6.56. The molecule has 0 aliphatic carbocycles. The second kappa shape index (κ2) is 5.92. The zero-order valence-corrected chi connectivity index (χ0v) is 12.0. The summed E-state index contributed by atoms with van der Waals surface area (Å²) in [5, 5.41) is 26.6. The van der Waals surface area contributed by atoms with Gasteiger partial charge in [0.05, 0.1) is 19.3 Å². The Balaban J connectivity index is 2.63. The van der Waals surface area contributed by atoms with Crippen molar-refractivity contribution in [1.29, 1.82) is 0 Å². The van der Waals surface area contributed by atoms with Crippen LogP contribution in [0, 0.1) is 0 Å². The summed E-state index contributed by atoms with van der Waals surface area (Å²) in [5.41, 5.74) is 0.801. The SMILES string of the molecule is COc1cccc(-c2c(C(=O)O)nnn2C(C)C(C)O)c1. The number of aliphatic hydroxyl groups excluding tert-OH is 1. The van der Waals surface area contributed by atoms with Gasteiger partial charge in [0.1, 0.15) is 11.4 Å². The van der Waals surface area contributed by atoms with E-state index in [0.29, 0.717) is 17.0 Å². The molecular formula is C14H17N3O4. The highest BCUT2D eigenvalue weighted by Crippen LogP contribution is 2.28. The Morgan fingerprint density at radius 2 is 2.10 bits per heavy atom. The fourth-order valence-corrected chi connectivity index (χ4v) is 1.97. The number of hydrogen-bond donors (Lipinski definition) is 2. The number of benzene rings is 1. The van der Waals surface area contributed by atoms with Crippen LogP contribution in [0.1, 0.15) is 30.4 Å². The second-order valence-corrected chi connectivity index (χ2v) is 4.75. The van der Waals surface area contributed by atoms with Gasteiger partial charge in [-0.15, -0.1) is 5.10 Å². The second-order valence-electron chi connectivity index (χ2n) is 4.75. The Labute approximate surface area is 121 Å². The third-order valence-corrected chi connectivity index (χ3v) is 3.32. The van der Waals surface area contributed by atoms with Crippen molar-refractivity contribution in [2.45, 2.75) is 26.0 Å². The first-order valence-corrected chi connectivity index (χ1v) is 6.46. The predicted octanol–water partition coefficient (Wildman–Crippen LogP) is 1.59. The molecule has 2 atom stereocenters. The summed E-state index contributed by atoms with van der Waals surface area (Å²) in [6.07, 6.45) is -0.697. The maximum absolute atomic E-state index is 11.3. The summed E-state index contributed by atoms with van der Waals surface area (Å²) < 4.78 is 6.57. The van der Waals surface area contributed by atoms with Crippen LogP contribution in [0.4, 0.5) is 0 Å². The van der Waals surface area contributed by atoms with Gasteiger partial charge in [-0.3, -0.25) is 0 Å². The molecule has 1 aromatic heterocycles. The lowest BCUT2D eigenvalue weighted by Gasteiger charge is -2.17. The largest absolute Gasteiger partial charge is 0.497 e. The number of nitrogens with zero attached hydrogens (tertiary/aromatic N) is 3. The van der Waals surface area contributed by atoms with E-state index < -0.39 is 18.1 Å². The monoisotopic (exact) mass is 291 g/mol. The van der Waals surface area contributed by atoms with Gasteiger partial charge in [0.2, 0.25) is 0 Å². The zero-order valence-electron chi connectivity index (χ0n) is 12.0. The molecule has 0 spiro atoms. The van der Waals surface area contributed by atoms with Crippen LogP contribution in [0.25, 0.3) is 11.3 Å². The van der Waals surface area contributed by atoms with Gasteiger partial charge in [-0.1, -0.05) is 17.3 Å². The number of rotatable bonds is 5.